The molecule has 1 aromatic rings. The normalized spacial score (nSPS) is 25.5. The first-order valence-corrected chi connectivity index (χ1v) is 9.52. The van der Waals surface area contributed by atoms with E-state index in [4.69, 9.17) is 9.47 Å². The van der Waals surface area contributed by atoms with Crippen molar-refractivity contribution in [1.82, 2.24) is 15.1 Å². The highest BCUT2D eigenvalue weighted by atomic mass is 32.1. The van der Waals surface area contributed by atoms with Gasteiger partial charge in [0.2, 0.25) is 11.0 Å². The zero-order valence-corrected chi connectivity index (χ0v) is 14.9. The highest BCUT2D eigenvalue weighted by molar-refractivity contribution is 7.15. The number of aryl methyl sites for hydroxylation is 1. The van der Waals surface area contributed by atoms with Crippen LogP contribution in [0.15, 0.2) is 0 Å². The SMILES string of the molecule is Cc1nnc(N2CC3(C2)OCC[C@H]3COCC(=O)N2CCCC2)s1. The maximum Gasteiger partial charge on any atom is 0.248 e. The molecule has 3 aliphatic heterocycles. The van der Waals surface area contributed by atoms with Crippen molar-refractivity contribution in [1.29, 1.82) is 0 Å². The molecule has 1 aromatic heterocycles. The summed E-state index contributed by atoms with van der Waals surface area (Å²) in [7, 11) is 0. The number of amides is 1. The molecule has 3 fully saturated rings. The minimum atomic E-state index is -0.129. The molecule has 0 radical (unpaired) electrons. The first kappa shape index (κ1) is 16.2. The van der Waals surface area contributed by atoms with Gasteiger partial charge in [-0.05, 0) is 26.2 Å². The molecule has 24 heavy (non-hydrogen) atoms. The van der Waals surface area contributed by atoms with Crippen molar-refractivity contribution in [2.24, 2.45) is 5.92 Å². The van der Waals surface area contributed by atoms with Gasteiger partial charge in [-0.15, -0.1) is 10.2 Å². The van der Waals surface area contributed by atoms with Crippen LogP contribution in [0, 0.1) is 12.8 Å². The van der Waals surface area contributed by atoms with E-state index >= 15 is 0 Å². The summed E-state index contributed by atoms with van der Waals surface area (Å²) in [5, 5.41) is 10.2. The molecule has 0 aliphatic carbocycles. The minimum Gasteiger partial charge on any atom is -0.371 e. The summed E-state index contributed by atoms with van der Waals surface area (Å²) in [5.41, 5.74) is -0.129. The Hall–Kier alpha value is -1.25. The summed E-state index contributed by atoms with van der Waals surface area (Å²) in [5.74, 6) is 0.481. The van der Waals surface area contributed by atoms with Crippen LogP contribution in [0.5, 0.6) is 0 Å². The zero-order valence-electron chi connectivity index (χ0n) is 14.1. The Kier molecular flexibility index (Phi) is 4.44. The van der Waals surface area contributed by atoms with Crippen LogP contribution in [0.4, 0.5) is 5.13 Å². The van der Waals surface area contributed by atoms with E-state index in [2.05, 4.69) is 15.1 Å². The second kappa shape index (κ2) is 6.57. The molecule has 0 aromatic carbocycles. The number of rotatable bonds is 5. The number of likely N-dealkylation sites (tertiary alicyclic amines) is 1. The van der Waals surface area contributed by atoms with Crippen molar-refractivity contribution in [3.05, 3.63) is 5.01 Å². The van der Waals surface area contributed by atoms with Crippen molar-refractivity contribution in [3.63, 3.8) is 0 Å². The molecule has 8 heteroatoms. The fourth-order valence-electron chi connectivity index (χ4n) is 3.87. The maximum absolute atomic E-state index is 12.1. The quantitative estimate of drug-likeness (QED) is 0.790. The molecule has 0 bridgehead atoms. The predicted octanol–water partition coefficient (Wildman–Crippen LogP) is 1.08. The highest BCUT2D eigenvalue weighted by Crippen LogP contribution is 2.42. The van der Waals surface area contributed by atoms with E-state index in [-0.39, 0.29) is 18.1 Å². The Morgan fingerprint density at radius 1 is 1.38 bits per heavy atom. The third-order valence-electron chi connectivity index (χ3n) is 5.31. The lowest BCUT2D eigenvalue weighted by Crippen LogP contribution is -2.65. The number of hydrogen-bond acceptors (Lipinski definition) is 7. The van der Waals surface area contributed by atoms with Crippen molar-refractivity contribution in [2.45, 2.75) is 31.8 Å². The van der Waals surface area contributed by atoms with Gasteiger partial charge < -0.3 is 19.3 Å². The number of carbonyl (C=O) groups excluding carboxylic acids is 1. The molecule has 1 spiro atoms. The third-order valence-corrected chi connectivity index (χ3v) is 6.21. The van der Waals surface area contributed by atoms with Gasteiger partial charge in [0, 0.05) is 25.6 Å². The standard InChI is InChI=1S/C16H24N4O3S/c1-12-17-18-15(24-12)20-10-16(11-20)13(4-7-23-16)8-22-9-14(21)19-5-2-3-6-19/h13H,2-11H2,1H3/t13-/m0/s1. The summed E-state index contributed by atoms with van der Waals surface area (Å²) in [6.45, 7) is 7.00. The molecule has 3 saturated heterocycles. The number of aromatic nitrogens is 2. The van der Waals surface area contributed by atoms with Crippen LogP contribution in [0.1, 0.15) is 24.3 Å². The molecule has 4 heterocycles. The molecule has 0 saturated carbocycles. The van der Waals surface area contributed by atoms with E-state index in [1.165, 1.54) is 0 Å². The summed E-state index contributed by atoms with van der Waals surface area (Å²) in [4.78, 5) is 16.2. The van der Waals surface area contributed by atoms with Gasteiger partial charge in [-0.3, -0.25) is 4.79 Å². The van der Waals surface area contributed by atoms with Crippen molar-refractivity contribution in [3.8, 4) is 0 Å². The second-order valence-electron chi connectivity index (χ2n) is 6.96. The number of nitrogens with zero attached hydrogens (tertiary/aromatic N) is 4. The van der Waals surface area contributed by atoms with Crippen LogP contribution in [0.2, 0.25) is 0 Å². The Balaban J connectivity index is 1.26. The maximum atomic E-state index is 12.1. The van der Waals surface area contributed by atoms with E-state index < -0.39 is 0 Å². The first-order chi connectivity index (χ1) is 11.7. The van der Waals surface area contributed by atoms with Crippen molar-refractivity contribution in [2.75, 3.05) is 50.9 Å². The Morgan fingerprint density at radius 2 is 2.17 bits per heavy atom. The van der Waals surface area contributed by atoms with Gasteiger partial charge in [-0.1, -0.05) is 11.3 Å². The average Bonchev–Trinajstić information content (AvgIpc) is 3.25. The van der Waals surface area contributed by atoms with Crippen molar-refractivity contribution < 1.29 is 14.3 Å². The molecule has 0 unspecified atom stereocenters. The molecular weight excluding hydrogens is 328 g/mol. The molecule has 1 amide bonds. The Morgan fingerprint density at radius 3 is 2.88 bits per heavy atom. The number of carbonyl (C=O) groups is 1. The van der Waals surface area contributed by atoms with Gasteiger partial charge in [0.05, 0.1) is 19.7 Å². The molecule has 1 atom stereocenters. The topological polar surface area (TPSA) is 67.8 Å². The van der Waals surface area contributed by atoms with Crippen molar-refractivity contribution >= 4 is 22.4 Å². The van der Waals surface area contributed by atoms with Crippen LogP contribution < -0.4 is 4.90 Å². The molecule has 7 nitrogen and oxygen atoms in total. The predicted molar refractivity (Wildman–Crippen MR) is 90.3 cm³/mol. The molecule has 132 valence electrons. The Bertz CT molecular complexity index is 596. The lowest BCUT2D eigenvalue weighted by molar-refractivity contribution is -0.136. The van der Waals surface area contributed by atoms with Gasteiger partial charge in [0.25, 0.3) is 0 Å². The van der Waals surface area contributed by atoms with E-state index in [1.807, 2.05) is 11.8 Å². The van der Waals surface area contributed by atoms with Gasteiger partial charge in [0.1, 0.15) is 17.2 Å². The van der Waals surface area contributed by atoms with E-state index in [0.717, 1.165) is 62.2 Å². The number of anilines is 1. The van der Waals surface area contributed by atoms with E-state index in [9.17, 15) is 4.79 Å². The second-order valence-corrected chi connectivity index (χ2v) is 8.12. The summed E-state index contributed by atoms with van der Waals surface area (Å²) < 4.78 is 11.8. The summed E-state index contributed by atoms with van der Waals surface area (Å²) >= 11 is 1.62. The van der Waals surface area contributed by atoms with Gasteiger partial charge in [0.15, 0.2) is 0 Å². The zero-order chi connectivity index (χ0) is 16.6. The minimum absolute atomic E-state index is 0.125. The van der Waals surface area contributed by atoms with Crippen LogP contribution in [-0.2, 0) is 14.3 Å². The average molecular weight is 352 g/mol. The fourth-order valence-corrected chi connectivity index (χ4v) is 4.55. The fraction of sp³-hybridized carbons (Fsp3) is 0.812. The molecular formula is C16H24N4O3S. The first-order valence-electron chi connectivity index (χ1n) is 8.71. The number of ether oxygens (including phenoxy) is 2. The van der Waals surface area contributed by atoms with Gasteiger partial charge in [-0.25, -0.2) is 0 Å². The van der Waals surface area contributed by atoms with Crippen LogP contribution in [-0.4, -0.2) is 72.6 Å². The van der Waals surface area contributed by atoms with Gasteiger partial charge >= 0.3 is 0 Å². The molecule has 3 aliphatic rings. The summed E-state index contributed by atoms with van der Waals surface area (Å²) in [6, 6.07) is 0. The largest absolute Gasteiger partial charge is 0.371 e. The molecule has 4 rings (SSSR count). The summed E-state index contributed by atoms with van der Waals surface area (Å²) in [6.07, 6.45) is 3.24. The Labute approximate surface area is 145 Å². The lowest BCUT2D eigenvalue weighted by atomic mass is 9.81. The monoisotopic (exact) mass is 352 g/mol. The molecule has 0 N–H and O–H groups in total. The van der Waals surface area contributed by atoms with Crippen LogP contribution >= 0.6 is 11.3 Å². The lowest BCUT2D eigenvalue weighted by Gasteiger charge is -2.49. The van der Waals surface area contributed by atoms with Crippen LogP contribution in [0.25, 0.3) is 0 Å². The third kappa shape index (κ3) is 3.02. The number of hydrogen-bond donors (Lipinski definition) is 0. The highest BCUT2D eigenvalue weighted by Gasteiger charge is 2.53. The van der Waals surface area contributed by atoms with Crippen LogP contribution in [0.3, 0.4) is 0 Å². The smallest absolute Gasteiger partial charge is 0.248 e. The van der Waals surface area contributed by atoms with E-state index in [1.54, 1.807) is 11.3 Å². The van der Waals surface area contributed by atoms with Gasteiger partial charge in [-0.2, -0.15) is 0 Å². The van der Waals surface area contributed by atoms with E-state index in [0.29, 0.717) is 12.5 Å².